The van der Waals surface area contributed by atoms with Gasteiger partial charge in [-0.05, 0) is 38.5 Å². The summed E-state index contributed by atoms with van der Waals surface area (Å²) >= 11 is 0. The number of unbranched alkanes of at least 4 members (excludes halogenated alkanes) is 20. The number of allylic oxidation sites excluding steroid dienone is 9. The van der Waals surface area contributed by atoms with E-state index in [1.807, 2.05) is 33.3 Å². The van der Waals surface area contributed by atoms with E-state index in [0.717, 1.165) is 44.9 Å². The fraction of sp³-hybridized carbons (Fsp3) is 0.750. The number of ether oxygens (including phenoxy) is 4. The van der Waals surface area contributed by atoms with Gasteiger partial charge in [0.05, 0.1) is 46.7 Å². The van der Waals surface area contributed by atoms with Crippen molar-refractivity contribution in [2.24, 2.45) is 0 Å². The van der Waals surface area contributed by atoms with Crippen molar-refractivity contribution >= 4 is 17.9 Å². The van der Waals surface area contributed by atoms with E-state index in [4.69, 9.17) is 18.9 Å². The summed E-state index contributed by atoms with van der Waals surface area (Å²) in [7, 11) is 5.88. The van der Waals surface area contributed by atoms with E-state index in [1.54, 1.807) is 6.08 Å². The first-order valence-corrected chi connectivity index (χ1v) is 24.4. The number of aliphatic carboxylic acids is 1. The van der Waals surface area contributed by atoms with Crippen molar-refractivity contribution in [1.29, 1.82) is 0 Å². The van der Waals surface area contributed by atoms with Gasteiger partial charge in [-0.15, -0.1) is 0 Å². The van der Waals surface area contributed by atoms with Crippen molar-refractivity contribution in [2.75, 3.05) is 47.5 Å². The van der Waals surface area contributed by atoms with Crippen LogP contribution in [0.25, 0.3) is 0 Å². The Hall–Kier alpha value is -3.01. The lowest BCUT2D eigenvalue weighted by molar-refractivity contribution is -0.870. The summed E-state index contributed by atoms with van der Waals surface area (Å²) in [6.07, 6.45) is 50.1. The number of likely N-dealkylation sites (N-methyl/N-ethyl adjacent to an activating group) is 1. The maximum atomic E-state index is 12.7. The zero-order valence-corrected chi connectivity index (χ0v) is 39.8. The second-order valence-electron chi connectivity index (χ2n) is 17.4. The summed E-state index contributed by atoms with van der Waals surface area (Å²) in [6, 6.07) is 0. The highest BCUT2D eigenvalue weighted by molar-refractivity contribution is 5.71. The van der Waals surface area contributed by atoms with Crippen LogP contribution in [0, 0.1) is 0 Å². The Labute approximate surface area is 374 Å². The molecule has 9 nitrogen and oxygen atoms in total. The SMILES string of the molecule is CC/C=C\C/C=C\C/C=C\C/C=C\C/C=C\CC(=O)OC(COC(=O)CCCCCCCCCCCCCCCCCCCCCCC)COC(OCC[N+](C)(C)C)C(=O)[O-]. The van der Waals surface area contributed by atoms with Crippen molar-refractivity contribution in [1.82, 2.24) is 0 Å². The van der Waals surface area contributed by atoms with Crippen molar-refractivity contribution < 1.29 is 42.9 Å². The predicted octanol–water partition coefficient (Wildman–Crippen LogP) is 12.0. The molecule has 0 rings (SSSR count). The molecule has 0 bridgehead atoms. The Bertz CT molecular complexity index is 1180. The zero-order valence-electron chi connectivity index (χ0n) is 39.8. The Morgan fingerprint density at radius 1 is 0.508 bits per heavy atom. The van der Waals surface area contributed by atoms with Crippen LogP contribution in [0.15, 0.2) is 60.8 Å². The van der Waals surface area contributed by atoms with Gasteiger partial charge >= 0.3 is 11.9 Å². The molecule has 0 aliphatic heterocycles. The smallest absolute Gasteiger partial charge is 0.310 e. The molecule has 0 saturated carbocycles. The van der Waals surface area contributed by atoms with E-state index in [2.05, 4.69) is 56.4 Å². The van der Waals surface area contributed by atoms with Gasteiger partial charge in [-0.3, -0.25) is 9.59 Å². The van der Waals surface area contributed by atoms with E-state index >= 15 is 0 Å². The maximum absolute atomic E-state index is 12.7. The number of carbonyl (C=O) groups is 3. The monoisotopic (exact) mass is 858 g/mol. The van der Waals surface area contributed by atoms with Crippen LogP contribution in [0.5, 0.6) is 0 Å². The third-order valence-corrected chi connectivity index (χ3v) is 10.3. The number of carboxylic acid groups (broad SMARTS) is 1. The summed E-state index contributed by atoms with van der Waals surface area (Å²) in [5.41, 5.74) is 0. The molecule has 352 valence electrons. The summed E-state index contributed by atoms with van der Waals surface area (Å²) in [5.74, 6) is -2.45. The van der Waals surface area contributed by atoms with Crippen molar-refractivity contribution in [3.8, 4) is 0 Å². The van der Waals surface area contributed by atoms with Crippen LogP contribution in [0.1, 0.15) is 194 Å². The summed E-state index contributed by atoms with van der Waals surface area (Å²) in [4.78, 5) is 37.0. The van der Waals surface area contributed by atoms with Gasteiger partial charge in [-0.25, -0.2) is 0 Å². The fourth-order valence-corrected chi connectivity index (χ4v) is 6.55. The summed E-state index contributed by atoms with van der Waals surface area (Å²) < 4.78 is 22.4. The zero-order chi connectivity index (χ0) is 44.9. The van der Waals surface area contributed by atoms with Crippen molar-refractivity contribution in [3.63, 3.8) is 0 Å². The highest BCUT2D eigenvalue weighted by Crippen LogP contribution is 2.16. The molecule has 0 radical (unpaired) electrons. The number of carboxylic acids is 1. The molecular formula is C52H91NO8. The number of rotatable bonds is 44. The van der Waals surface area contributed by atoms with Crippen LogP contribution in [-0.4, -0.2) is 82.3 Å². The molecule has 0 N–H and O–H groups in total. The molecule has 0 aliphatic rings. The molecule has 0 saturated heterocycles. The Morgan fingerprint density at radius 3 is 1.33 bits per heavy atom. The first-order chi connectivity index (χ1) is 29.6. The van der Waals surface area contributed by atoms with E-state index in [1.165, 1.54) is 116 Å². The Morgan fingerprint density at radius 2 is 0.918 bits per heavy atom. The quantitative estimate of drug-likeness (QED) is 0.0196. The molecule has 0 heterocycles. The van der Waals surface area contributed by atoms with E-state index in [-0.39, 0.29) is 38.6 Å². The standard InChI is InChI=1S/C52H91NO8/c1-6-8-10-12-14-16-18-20-22-23-24-25-26-27-29-30-32-34-36-38-40-42-49(54)59-46-48(47-60-52(51(56)57)58-45-44-53(3,4)5)61-50(55)43-41-39-37-35-33-31-28-21-19-17-15-13-11-9-7-2/h9,11,15,17,21,28,33,35,39,41,48,52H,6-8,10,12-14,16,18-20,22-27,29-32,34,36-38,40,42-47H2,1-5H3/b11-9-,17-15-,28-21-,35-33-,41-39-. The first-order valence-electron chi connectivity index (χ1n) is 24.4. The third kappa shape index (κ3) is 44.8. The molecule has 0 aromatic heterocycles. The van der Waals surface area contributed by atoms with Crippen LogP contribution in [-0.2, 0) is 33.3 Å². The Balaban J connectivity index is 4.41. The topological polar surface area (TPSA) is 111 Å². The molecule has 0 fully saturated rings. The van der Waals surface area contributed by atoms with Gasteiger partial charge in [-0.1, -0.05) is 203 Å². The summed E-state index contributed by atoms with van der Waals surface area (Å²) in [6.45, 7) is 4.52. The van der Waals surface area contributed by atoms with Crippen molar-refractivity contribution in [2.45, 2.75) is 206 Å². The molecule has 0 aromatic carbocycles. The number of carbonyl (C=O) groups excluding carboxylic acids is 3. The maximum Gasteiger partial charge on any atom is 0.310 e. The molecule has 2 atom stereocenters. The fourth-order valence-electron chi connectivity index (χ4n) is 6.55. The largest absolute Gasteiger partial charge is 0.545 e. The van der Waals surface area contributed by atoms with E-state index in [0.29, 0.717) is 17.4 Å². The van der Waals surface area contributed by atoms with Crippen LogP contribution >= 0.6 is 0 Å². The van der Waals surface area contributed by atoms with Gasteiger partial charge in [0.1, 0.15) is 13.2 Å². The van der Waals surface area contributed by atoms with Gasteiger partial charge < -0.3 is 33.3 Å². The number of quaternary nitrogens is 1. The molecule has 0 aliphatic carbocycles. The second-order valence-corrected chi connectivity index (χ2v) is 17.4. The molecule has 0 spiro atoms. The predicted molar refractivity (Wildman–Crippen MR) is 251 cm³/mol. The molecular weight excluding hydrogens is 767 g/mol. The lowest BCUT2D eigenvalue weighted by atomic mass is 10.0. The number of hydrogen-bond donors (Lipinski definition) is 0. The third-order valence-electron chi connectivity index (χ3n) is 10.3. The minimum atomic E-state index is -1.64. The van der Waals surface area contributed by atoms with Crippen LogP contribution in [0.2, 0.25) is 0 Å². The molecule has 61 heavy (non-hydrogen) atoms. The van der Waals surface area contributed by atoms with Gasteiger partial charge in [0.25, 0.3) is 0 Å². The van der Waals surface area contributed by atoms with Crippen LogP contribution in [0.3, 0.4) is 0 Å². The normalized spacial score (nSPS) is 13.4. The molecule has 2 unspecified atom stereocenters. The van der Waals surface area contributed by atoms with Gasteiger partial charge in [-0.2, -0.15) is 0 Å². The Kier molecular flexibility index (Phi) is 41.5. The second kappa shape index (κ2) is 43.6. The molecule has 0 amide bonds. The highest BCUT2D eigenvalue weighted by atomic mass is 16.7. The molecule has 0 aromatic rings. The van der Waals surface area contributed by atoms with Crippen LogP contribution in [0.4, 0.5) is 0 Å². The minimum Gasteiger partial charge on any atom is -0.545 e. The number of esters is 2. The van der Waals surface area contributed by atoms with Gasteiger partial charge in [0.15, 0.2) is 12.4 Å². The molecule has 9 heteroatoms. The van der Waals surface area contributed by atoms with Gasteiger partial charge in [0.2, 0.25) is 0 Å². The number of nitrogens with zero attached hydrogens (tertiary/aromatic N) is 1. The van der Waals surface area contributed by atoms with Crippen LogP contribution < -0.4 is 5.11 Å². The average molecular weight is 858 g/mol. The van der Waals surface area contributed by atoms with E-state index in [9.17, 15) is 19.5 Å². The van der Waals surface area contributed by atoms with Crippen molar-refractivity contribution in [3.05, 3.63) is 60.8 Å². The lowest BCUT2D eigenvalue weighted by Crippen LogP contribution is -2.44. The highest BCUT2D eigenvalue weighted by Gasteiger charge is 2.21. The van der Waals surface area contributed by atoms with Gasteiger partial charge in [0, 0.05) is 6.42 Å². The van der Waals surface area contributed by atoms with E-state index < -0.39 is 24.3 Å². The average Bonchev–Trinajstić information content (AvgIpc) is 3.22. The first kappa shape index (κ1) is 58.0. The minimum absolute atomic E-state index is 0.0152. The summed E-state index contributed by atoms with van der Waals surface area (Å²) in [5, 5.41) is 11.7. The lowest BCUT2D eigenvalue weighted by Gasteiger charge is -2.26. The number of hydrogen-bond acceptors (Lipinski definition) is 8.